The quantitative estimate of drug-likeness (QED) is 0.865. The van der Waals surface area contributed by atoms with Crippen LogP contribution in [-0.4, -0.2) is 30.3 Å². The lowest BCUT2D eigenvalue weighted by atomic mass is 10.1. The Morgan fingerprint density at radius 3 is 3.00 bits per heavy atom. The maximum Gasteiger partial charge on any atom is 0.255 e. The van der Waals surface area contributed by atoms with Gasteiger partial charge in [-0.25, -0.2) is 0 Å². The molecular formula is C13H17NO3. The highest BCUT2D eigenvalue weighted by Crippen LogP contribution is 2.30. The van der Waals surface area contributed by atoms with Crippen molar-refractivity contribution in [3.63, 3.8) is 0 Å². The number of rotatable bonds is 3. The molecule has 2 rings (SSSR count). The molecule has 1 unspecified atom stereocenters. The van der Waals surface area contributed by atoms with E-state index in [1.165, 1.54) is 0 Å². The van der Waals surface area contributed by atoms with E-state index >= 15 is 0 Å². The first-order valence-corrected chi connectivity index (χ1v) is 5.95. The van der Waals surface area contributed by atoms with Crippen LogP contribution in [0.25, 0.3) is 0 Å². The first kappa shape index (κ1) is 11.9. The van der Waals surface area contributed by atoms with Crippen LogP contribution in [0.2, 0.25) is 0 Å². The molecule has 1 saturated heterocycles. The van der Waals surface area contributed by atoms with Crippen LogP contribution in [0.5, 0.6) is 5.75 Å². The highest BCUT2D eigenvalue weighted by molar-refractivity contribution is 5.98. The number of hydrogen-bond acceptors (Lipinski definition) is 3. The van der Waals surface area contributed by atoms with Crippen molar-refractivity contribution >= 4 is 11.6 Å². The number of ether oxygens (including phenoxy) is 1. The van der Waals surface area contributed by atoms with Crippen molar-refractivity contribution in [2.75, 3.05) is 18.1 Å². The highest BCUT2D eigenvalue weighted by atomic mass is 16.5. The Labute approximate surface area is 101 Å². The molecule has 1 amide bonds. The number of carbonyl (C=O) groups is 1. The standard InChI is InChI=1S/C13H17NO3/c1-2-17-12-8-4-3-6-10(12)14-9-5-7-11(15)13(14)16/h3-4,6,8,11,15H,2,5,7,9H2,1H3. The SMILES string of the molecule is CCOc1ccccc1N1CCCC(O)C1=O. The van der Waals surface area contributed by atoms with E-state index in [0.29, 0.717) is 25.3 Å². The van der Waals surface area contributed by atoms with E-state index in [-0.39, 0.29) is 5.91 Å². The van der Waals surface area contributed by atoms with Gasteiger partial charge in [-0.3, -0.25) is 4.79 Å². The molecule has 1 heterocycles. The lowest BCUT2D eigenvalue weighted by Gasteiger charge is -2.30. The normalized spacial score (nSPS) is 20.5. The number of anilines is 1. The average molecular weight is 235 g/mol. The van der Waals surface area contributed by atoms with Gasteiger partial charge in [-0.1, -0.05) is 12.1 Å². The molecule has 1 aliphatic rings. The molecule has 0 saturated carbocycles. The van der Waals surface area contributed by atoms with Crippen LogP contribution in [0.3, 0.4) is 0 Å². The third kappa shape index (κ3) is 2.42. The molecule has 4 heteroatoms. The number of hydrogen-bond donors (Lipinski definition) is 1. The van der Waals surface area contributed by atoms with Crippen molar-refractivity contribution in [3.8, 4) is 5.75 Å². The van der Waals surface area contributed by atoms with E-state index < -0.39 is 6.10 Å². The maximum atomic E-state index is 11.9. The minimum absolute atomic E-state index is 0.233. The Morgan fingerprint density at radius 2 is 2.24 bits per heavy atom. The molecule has 0 aliphatic carbocycles. The summed E-state index contributed by atoms with van der Waals surface area (Å²) in [6, 6.07) is 7.43. The molecule has 1 N–H and O–H groups in total. The largest absolute Gasteiger partial charge is 0.492 e. The molecule has 92 valence electrons. The molecule has 0 aromatic heterocycles. The Hall–Kier alpha value is -1.55. The Bertz CT molecular complexity index is 405. The van der Waals surface area contributed by atoms with Crippen molar-refractivity contribution in [2.24, 2.45) is 0 Å². The molecule has 1 aromatic rings. The van der Waals surface area contributed by atoms with Crippen LogP contribution in [-0.2, 0) is 4.79 Å². The van der Waals surface area contributed by atoms with Crippen LogP contribution >= 0.6 is 0 Å². The molecular weight excluding hydrogens is 218 g/mol. The van der Waals surface area contributed by atoms with Gasteiger partial charge in [0.05, 0.1) is 12.3 Å². The second-order valence-corrected chi connectivity index (χ2v) is 4.05. The number of para-hydroxylation sites is 2. The van der Waals surface area contributed by atoms with Crippen molar-refractivity contribution in [1.29, 1.82) is 0 Å². The number of amides is 1. The van der Waals surface area contributed by atoms with E-state index in [1.807, 2.05) is 31.2 Å². The van der Waals surface area contributed by atoms with Crippen LogP contribution < -0.4 is 9.64 Å². The topological polar surface area (TPSA) is 49.8 Å². The number of aliphatic hydroxyl groups is 1. The Kier molecular flexibility index (Phi) is 3.64. The minimum Gasteiger partial charge on any atom is -0.492 e. The number of benzene rings is 1. The first-order chi connectivity index (χ1) is 8.24. The van der Waals surface area contributed by atoms with E-state index in [0.717, 1.165) is 12.1 Å². The predicted octanol–water partition coefficient (Wildman–Crippen LogP) is 1.57. The zero-order chi connectivity index (χ0) is 12.3. The smallest absolute Gasteiger partial charge is 0.255 e. The predicted molar refractivity (Wildman–Crippen MR) is 65.2 cm³/mol. The van der Waals surface area contributed by atoms with E-state index in [1.54, 1.807) is 4.90 Å². The van der Waals surface area contributed by atoms with Crippen LogP contribution in [0.4, 0.5) is 5.69 Å². The second-order valence-electron chi connectivity index (χ2n) is 4.05. The summed E-state index contributed by atoms with van der Waals surface area (Å²) < 4.78 is 5.50. The monoisotopic (exact) mass is 235 g/mol. The third-order valence-electron chi connectivity index (χ3n) is 2.87. The molecule has 1 atom stereocenters. The molecule has 0 spiro atoms. The molecule has 0 radical (unpaired) electrons. The van der Waals surface area contributed by atoms with Gasteiger partial charge >= 0.3 is 0 Å². The summed E-state index contributed by atoms with van der Waals surface area (Å²) >= 11 is 0. The van der Waals surface area contributed by atoms with Gasteiger partial charge in [0.2, 0.25) is 0 Å². The van der Waals surface area contributed by atoms with Gasteiger partial charge in [0.1, 0.15) is 11.9 Å². The van der Waals surface area contributed by atoms with Gasteiger partial charge < -0.3 is 14.7 Å². The molecule has 1 aliphatic heterocycles. The van der Waals surface area contributed by atoms with Gasteiger partial charge in [0, 0.05) is 6.54 Å². The molecule has 1 fully saturated rings. The summed E-state index contributed by atoms with van der Waals surface area (Å²) in [4.78, 5) is 13.5. The summed E-state index contributed by atoms with van der Waals surface area (Å²) in [5, 5.41) is 9.60. The fourth-order valence-corrected chi connectivity index (χ4v) is 2.05. The molecule has 1 aromatic carbocycles. The highest BCUT2D eigenvalue weighted by Gasteiger charge is 2.29. The van der Waals surface area contributed by atoms with Gasteiger partial charge in [-0.05, 0) is 31.9 Å². The molecule has 17 heavy (non-hydrogen) atoms. The molecule has 0 bridgehead atoms. The third-order valence-corrected chi connectivity index (χ3v) is 2.87. The fraction of sp³-hybridized carbons (Fsp3) is 0.462. The Balaban J connectivity index is 2.29. The van der Waals surface area contributed by atoms with Crippen molar-refractivity contribution in [2.45, 2.75) is 25.9 Å². The zero-order valence-corrected chi connectivity index (χ0v) is 9.93. The van der Waals surface area contributed by atoms with Crippen LogP contribution in [0.1, 0.15) is 19.8 Å². The van der Waals surface area contributed by atoms with E-state index in [9.17, 15) is 9.90 Å². The van der Waals surface area contributed by atoms with Gasteiger partial charge in [0.25, 0.3) is 5.91 Å². The fourth-order valence-electron chi connectivity index (χ4n) is 2.05. The van der Waals surface area contributed by atoms with Gasteiger partial charge in [-0.15, -0.1) is 0 Å². The number of piperidine rings is 1. The van der Waals surface area contributed by atoms with Crippen molar-refractivity contribution in [1.82, 2.24) is 0 Å². The lowest BCUT2D eigenvalue weighted by Crippen LogP contribution is -2.44. The van der Waals surface area contributed by atoms with E-state index in [2.05, 4.69) is 0 Å². The maximum absolute atomic E-state index is 11.9. The van der Waals surface area contributed by atoms with Gasteiger partial charge in [-0.2, -0.15) is 0 Å². The summed E-state index contributed by atoms with van der Waals surface area (Å²) in [7, 11) is 0. The van der Waals surface area contributed by atoms with Crippen molar-refractivity contribution in [3.05, 3.63) is 24.3 Å². The lowest BCUT2D eigenvalue weighted by molar-refractivity contribution is -0.128. The summed E-state index contributed by atoms with van der Waals surface area (Å²) in [6.07, 6.45) is 0.484. The number of aliphatic hydroxyl groups excluding tert-OH is 1. The van der Waals surface area contributed by atoms with E-state index in [4.69, 9.17) is 4.74 Å². The van der Waals surface area contributed by atoms with Gasteiger partial charge in [0.15, 0.2) is 0 Å². The molecule has 4 nitrogen and oxygen atoms in total. The van der Waals surface area contributed by atoms with Crippen LogP contribution in [0, 0.1) is 0 Å². The first-order valence-electron chi connectivity index (χ1n) is 5.95. The summed E-state index contributed by atoms with van der Waals surface area (Å²) in [5.74, 6) is 0.459. The van der Waals surface area contributed by atoms with Crippen molar-refractivity contribution < 1.29 is 14.6 Å². The average Bonchev–Trinajstić information content (AvgIpc) is 2.34. The minimum atomic E-state index is -0.876. The number of carbonyl (C=O) groups excluding carboxylic acids is 1. The Morgan fingerprint density at radius 1 is 1.47 bits per heavy atom. The summed E-state index contributed by atoms with van der Waals surface area (Å²) in [6.45, 7) is 3.10. The summed E-state index contributed by atoms with van der Waals surface area (Å²) in [5.41, 5.74) is 0.748. The zero-order valence-electron chi connectivity index (χ0n) is 9.93. The van der Waals surface area contributed by atoms with Crippen LogP contribution in [0.15, 0.2) is 24.3 Å². The number of nitrogens with zero attached hydrogens (tertiary/aromatic N) is 1. The second kappa shape index (κ2) is 5.19.